The van der Waals surface area contributed by atoms with E-state index in [1.165, 1.54) is 11.1 Å². The quantitative estimate of drug-likeness (QED) is 0.667. The second-order valence-corrected chi connectivity index (χ2v) is 8.91. The predicted molar refractivity (Wildman–Crippen MR) is 125 cm³/mol. The van der Waals surface area contributed by atoms with Crippen molar-refractivity contribution in [1.82, 2.24) is 10.2 Å². The number of allylic oxidation sites excluding steroid dienone is 1. The van der Waals surface area contributed by atoms with Gasteiger partial charge in [0.05, 0.1) is 18.1 Å². The Hall–Kier alpha value is -3.41. The first-order valence-corrected chi connectivity index (χ1v) is 11.3. The molecule has 0 fully saturated rings. The van der Waals surface area contributed by atoms with Crippen LogP contribution in [0.15, 0.2) is 53.5 Å². The lowest BCUT2D eigenvalue weighted by molar-refractivity contribution is -0.130. The Bertz CT molecular complexity index is 1140. The van der Waals surface area contributed by atoms with Gasteiger partial charge < -0.3 is 11.1 Å². The van der Waals surface area contributed by atoms with Gasteiger partial charge in [-0.15, -0.1) is 0 Å². The Labute approximate surface area is 188 Å². The van der Waals surface area contributed by atoms with E-state index in [2.05, 4.69) is 40.7 Å². The Kier molecular flexibility index (Phi) is 5.29. The molecule has 0 saturated carbocycles. The van der Waals surface area contributed by atoms with E-state index in [1.807, 2.05) is 31.2 Å². The zero-order valence-electron chi connectivity index (χ0n) is 18.3. The van der Waals surface area contributed by atoms with E-state index in [0.29, 0.717) is 12.0 Å². The number of hydrogen-bond donors (Lipinski definition) is 2. The fourth-order valence-corrected chi connectivity index (χ4v) is 5.02. The molecule has 6 bridgehead atoms. The molecule has 6 heteroatoms. The summed E-state index contributed by atoms with van der Waals surface area (Å²) in [6, 6.07) is 13.5. The molecule has 3 N–H and O–H groups in total. The number of hydrogen-bond acceptors (Lipinski definition) is 4. The van der Waals surface area contributed by atoms with Crippen molar-refractivity contribution in [1.29, 1.82) is 0 Å². The van der Waals surface area contributed by atoms with Crippen LogP contribution in [0.25, 0.3) is 6.08 Å². The molecule has 0 spiro atoms. The number of carbonyl (C=O) groups excluding carboxylic acids is 2. The normalized spacial score (nSPS) is 26.2. The van der Waals surface area contributed by atoms with Crippen molar-refractivity contribution in [2.75, 3.05) is 0 Å². The van der Waals surface area contributed by atoms with Gasteiger partial charge in [-0.1, -0.05) is 36.4 Å². The van der Waals surface area contributed by atoms with E-state index < -0.39 is 0 Å². The molecule has 2 unspecified atom stereocenters. The van der Waals surface area contributed by atoms with Crippen molar-refractivity contribution in [2.45, 2.75) is 57.2 Å². The van der Waals surface area contributed by atoms with Gasteiger partial charge in [-0.2, -0.15) is 0 Å². The fraction of sp³-hybridized carbons (Fsp3) is 0.346. The van der Waals surface area contributed by atoms with E-state index in [0.717, 1.165) is 36.8 Å². The first kappa shape index (κ1) is 20.5. The minimum Gasteiger partial charge on any atom is -0.369 e. The molecule has 2 aromatic rings. The lowest BCUT2D eigenvalue weighted by Gasteiger charge is -2.33. The third-order valence-electron chi connectivity index (χ3n) is 6.79. The molecule has 32 heavy (non-hydrogen) atoms. The first-order valence-electron chi connectivity index (χ1n) is 11.3. The van der Waals surface area contributed by atoms with Crippen LogP contribution < -0.4 is 11.1 Å². The minimum atomic E-state index is -0.298. The molecule has 6 nitrogen and oxygen atoms in total. The van der Waals surface area contributed by atoms with Gasteiger partial charge in [-0.05, 0) is 73.1 Å². The smallest absolute Gasteiger partial charge is 0.251 e. The van der Waals surface area contributed by atoms with E-state index in [4.69, 9.17) is 5.73 Å². The number of carbonyl (C=O) groups is 2. The van der Waals surface area contributed by atoms with Crippen molar-refractivity contribution in [3.8, 4) is 0 Å². The summed E-state index contributed by atoms with van der Waals surface area (Å²) in [5.41, 5.74) is 11.3. The Morgan fingerprint density at radius 1 is 1.12 bits per heavy atom. The first-order chi connectivity index (χ1) is 15.5. The van der Waals surface area contributed by atoms with Crippen LogP contribution in [0.3, 0.4) is 0 Å². The largest absolute Gasteiger partial charge is 0.369 e. The van der Waals surface area contributed by atoms with Crippen LogP contribution in [0.2, 0.25) is 0 Å². The molecule has 4 aliphatic rings. The van der Waals surface area contributed by atoms with Gasteiger partial charge in [0.2, 0.25) is 5.91 Å². The van der Waals surface area contributed by atoms with Crippen LogP contribution in [-0.4, -0.2) is 28.7 Å². The number of amides is 2. The third-order valence-corrected chi connectivity index (χ3v) is 6.79. The number of fused-ring (bicyclic) bond motifs is 4. The Morgan fingerprint density at radius 2 is 2.00 bits per heavy atom. The Balaban J connectivity index is 1.54. The van der Waals surface area contributed by atoms with Gasteiger partial charge in [0.25, 0.3) is 5.91 Å². The summed E-state index contributed by atoms with van der Waals surface area (Å²) in [6.07, 6.45) is 8.06. The van der Waals surface area contributed by atoms with Gasteiger partial charge in [0.15, 0.2) is 5.96 Å². The molecule has 2 aromatic carbocycles. The molecule has 6 rings (SSSR count). The minimum absolute atomic E-state index is 0.00920. The van der Waals surface area contributed by atoms with Crippen LogP contribution in [0.1, 0.15) is 77.3 Å². The van der Waals surface area contributed by atoms with Gasteiger partial charge >= 0.3 is 0 Å². The summed E-state index contributed by atoms with van der Waals surface area (Å²) in [4.78, 5) is 32.2. The highest BCUT2D eigenvalue weighted by molar-refractivity contribution is 5.99. The molecular weight excluding hydrogens is 400 g/mol. The molecule has 0 radical (unpaired) electrons. The zero-order valence-corrected chi connectivity index (χ0v) is 18.3. The van der Waals surface area contributed by atoms with Gasteiger partial charge in [0, 0.05) is 12.0 Å². The molecule has 0 saturated heterocycles. The highest BCUT2D eigenvalue weighted by Gasteiger charge is 2.32. The van der Waals surface area contributed by atoms with E-state index in [9.17, 15) is 9.59 Å². The summed E-state index contributed by atoms with van der Waals surface area (Å²) in [6.45, 7) is 1.92. The van der Waals surface area contributed by atoms with Crippen molar-refractivity contribution < 1.29 is 9.59 Å². The number of nitrogens with one attached hydrogen (secondary N) is 1. The summed E-state index contributed by atoms with van der Waals surface area (Å²) in [5.74, 6) is 0.122. The van der Waals surface area contributed by atoms with Crippen molar-refractivity contribution >= 4 is 23.8 Å². The maximum atomic E-state index is 13.1. The number of nitrogens with zero attached hydrogens (tertiary/aromatic N) is 2. The number of benzene rings is 2. The van der Waals surface area contributed by atoms with Crippen LogP contribution in [0.5, 0.6) is 0 Å². The number of aryl methyl sites for hydroxylation is 1. The van der Waals surface area contributed by atoms with Crippen LogP contribution in [0.4, 0.5) is 0 Å². The molecule has 1 aliphatic carbocycles. The summed E-state index contributed by atoms with van der Waals surface area (Å²) >= 11 is 0. The SMILES string of the molecule is C[C@@H]1c2cccc(c2)C(=O)NC2CCc3ccc(cc32)/C=C/CCC2CC(=O)N1C(N)=N2. The van der Waals surface area contributed by atoms with Gasteiger partial charge in [0.1, 0.15) is 0 Å². The van der Waals surface area contributed by atoms with E-state index in [1.54, 1.807) is 4.90 Å². The molecule has 3 aliphatic heterocycles. The monoisotopic (exact) mass is 428 g/mol. The third kappa shape index (κ3) is 3.81. The topological polar surface area (TPSA) is 87.8 Å². The van der Waals surface area contributed by atoms with E-state index >= 15 is 0 Å². The van der Waals surface area contributed by atoms with Gasteiger partial charge in [-0.3, -0.25) is 14.5 Å². The summed E-state index contributed by atoms with van der Waals surface area (Å²) < 4.78 is 0. The molecular formula is C26H28N4O2. The lowest BCUT2D eigenvalue weighted by Crippen LogP contribution is -2.48. The molecule has 0 aromatic heterocycles. The fourth-order valence-electron chi connectivity index (χ4n) is 5.02. The summed E-state index contributed by atoms with van der Waals surface area (Å²) in [7, 11) is 0. The van der Waals surface area contributed by atoms with Crippen LogP contribution >= 0.6 is 0 Å². The molecule has 3 heterocycles. The predicted octanol–water partition coefficient (Wildman–Crippen LogP) is 3.89. The lowest BCUT2D eigenvalue weighted by atomic mass is 9.99. The highest BCUT2D eigenvalue weighted by Crippen LogP contribution is 2.33. The second-order valence-electron chi connectivity index (χ2n) is 8.91. The van der Waals surface area contributed by atoms with Crippen molar-refractivity contribution in [3.05, 3.63) is 76.4 Å². The van der Waals surface area contributed by atoms with Crippen LogP contribution in [-0.2, 0) is 11.2 Å². The molecule has 3 atom stereocenters. The zero-order chi connectivity index (χ0) is 22.2. The average molecular weight is 429 g/mol. The maximum Gasteiger partial charge on any atom is 0.251 e. The highest BCUT2D eigenvalue weighted by atomic mass is 16.2. The van der Waals surface area contributed by atoms with Gasteiger partial charge in [-0.25, -0.2) is 4.99 Å². The molecule has 164 valence electrons. The van der Waals surface area contributed by atoms with E-state index in [-0.39, 0.29) is 35.9 Å². The number of nitrogens with two attached hydrogens (primary N) is 1. The number of aliphatic imine (C=N–C) groups is 1. The van der Waals surface area contributed by atoms with Crippen LogP contribution in [0, 0.1) is 0 Å². The second kappa shape index (κ2) is 8.26. The standard InChI is InChI=1S/C26H28N4O2/c1-16-19-6-4-7-20(14-19)25(32)29-23-12-11-18-10-9-17(13-22(18)23)5-2-3-8-21-15-24(31)30(16)26(27)28-21/h2,4-7,9-10,13-14,16,21,23H,3,8,11-12,15H2,1H3,(H2,27,28)(H,29,32)/b5-2+/t16-,21?,23?/m1/s1. The molecule has 2 amide bonds. The number of rotatable bonds is 0. The average Bonchev–Trinajstić information content (AvgIpc) is 3.17. The number of guanidine groups is 1. The van der Waals surface area contributed by atoms with Crippen molar-refractivity contribution in [3.63, 3.8) is 0 Å². The Morgan fingerprint density at radius 3 is 2.84 bits per heavy atom. The summed E-state index contributed by atoms with van der Waals surface area (Å²) in [5, 5.41) is 3.21. The van der Waals surface area contributed by atoms with Crippen molar-refractivity contribution in [2.24, 2.45) is 10.7 Å². The maximum absolute atomic E-state index is 13.1.